The van der Waals surface area contributed by atoms with Crippen molar-refractivity contribution in [3.05, 3.63) is 18.0 Å². The van der Waals surface area contributed by atoms with Gasteiger partial charge < -0.3 is 5.32 Å². The van der Waals surface area contributed by atoms with E-state index in [4.69, 9.17) is 0 Å². The lowest BCUT2D eigenvalue weighted by Crippen LogP contribution is -2.46. The number of nitrogens with zero attached hydrogens (tertiary/aromatic N) is 3. The maximum atomic E-state index is 9.32. The number of thioether (sulfide) groups is 1. The molecular formula is C13H18N4S. The summed E-state index contributed by atoms with van der Waals surface area (Å²) >= 11 is 1.70. The van der Waals surface area contributed by atoms with Gasteiger partial charge in [0.25, 0.3) is 0 Å². The summed E-state index contributed by atoms with van der Waals surface area (Å²) in [6.45, 7) is 1.97. The second-order valence-electron chi connectivity index (χ2n) is 4.76. The first-order chi connectivity index (χ1) is 8.67. The van der Waals surface area contributed by atoms with Crippen molar-refractivity contribution in [3.8, 4) is 6.07 Å². The molecule has 4 nitrogen and oxygen atoms in total. The molecule has 0 aromatic carbocycles. The van der Waals surface area contributed by atoms with E-state index in [1.54, 1.807) is 18.0 Å². The van der Waals surface area contributed by atoms with Crippen LogP contribution in [-0.4, -0.2) is 27.8 Å². The largest absolute Gasteiger partial charge is 0.302 e. The molecule has 0 spiro atoms. The molecule has 1 fully saturated rings. The quantitative estimate of drug-likeness (QED) is 0.847. The van der Waals surface area contributed by atoms with Crippen LogP contribution in [0.5, 0.6) is 0 Å². The number of hydrogen-bond donors (Lipinski definition) is 1. The van der Waals surface area contributed by atoms with Crippen LogP contribution in [0.15, 0.2) is 17.4 Å². The van der Waals surface area contributed by atoms with E-state index in [1.165, 1.54) is 0 Å². The fourth-order valence-electron chi connectivity index (χ4n) is 2.34. The Morgan fingerprint density at radius 1 is 1.61 bits per heavy atom. The molecular weight excluding hydrogens is 244 g/mol. The van der Waals surface area contributed by atoms with Crippen molar-refractivity contribution < 1.29 is 0 Å². The molecule has 18 heavy (non-hydrogen) atoms. The smallest absolute Gasteiger partial charge is 0.187 e. The van der Waals surface area contributed by atoms with Crippen molar-refractivity contribution in [3.63, 3.8) is 0 Å². The van der Waals surface area contributed by atoms with E-state index >= 15 is 0 Å². The van der Waals surface area contributed by atoms with Crippen molar-refractivity contribution >= 4 is 11.8 Å². The van der Waals surface area contributed by atoms with Crippen LogP contribution in [0.2, 0.25) is 0 Å². The Labute approximate surface area is 112 Å². The Hall–Kier alpha value is -1.12. The van der Waals surface area contributed by atoms with Gasteiger partial charge in [0, 0.05) is 17.1 Å². The molecule has 0 amide bonds. The minimum absolute atomic E-state index is 0.361. The maximum Gasteiger partial charge on any atom is 0.187 e. The summed E-state index contributed by atoms with van der Waals surface area (Å²) in [5.41, 5.74) is 0.628. The van der Waals surface area contributed by atoms with Crippen LogP contribution in [0, 0.1) is 18.3 Å². The lowest BCUT2D eigenvalue weighted by Gasteiger charge is -2.34. The Bertz CT molecular complexity index is 457. The molecule has 0 aliphatic heterocycles. The van der Waals surface area contributed by atoms with E-state index < -0.39 is 0 Å². The van der Waals surface area contributed by atoms with Gasteiger partial charge in [-0.15, -0.1) is 0 Å². The highest BCUT2D eigenvalue weighted by Crippen LogP contribution is 2.36. The summed E-state index contributed by atoms with van der Waals surface area (Å²) in [6, 6.07) is 4.33. The molecule has 0 radical (unpaired) electrons. The van der Waals surface area contributed by atoms with Gasteiger partial charge in [-0.1, -0.05) is 11.8 Å². The fraction of sp³-hybridized carbons (Fsp3) is 0.615. The Morgan fingerprint density at radius 2 is 2.44 bits per heavy atom. The van der Waals surface area contributed by atoms with Gasteiger partial charge in [-0.2, -0.15) is 5.26 Å². The Morgan fingerprint density at radius 3 is 3.11 bits per heavy atom. The highest BCUT2D eigenvalue weighted by Gasteiger charge is 2.35. The van der Waals surface area contributed by atoms with Gasteiger partial charge in [-0.05, 0) is 45.7 Å². The average molecular weight is 262 g/mol. The van der Waals surface area contributed by atoms with Gasteiger partial charge >= 0.3 is 0 Å². The summed E-state index contributed by atoms with van der Waals surface area (Å²) in [4.78, 5) is 8.70. The number of aryl methyl sites for hydroxylation is 1. The van der Waals surface area contributed by atoms with E-state index in [0.717, 1.165) is 36.5 Å². The molecule has 96 valence electrons. The third-order valence-electron chi connectivity index (χ3n) is 3.44. The molecule has 1 aromatic heterocycles. The van der Waals surface area contributed by atoms with Crippen LogP contribution in [0.1, 0.15) is 31.4 Å². The summed E-state index contributed by atoms with van der Waals surface area (Å²) in [7, 11) is 1.87. The van der Waals surface area contributed by atoms with E-state index in [9.17, 15) is 5.26 Å². The second kappa shape index (κ2) is 5.68. The summed E-state index contributed by atoms with van der Waals surface area (Å²) < 4.78 is 0. The van der Waals surface area contributed by atoms with Crippen LogP contribution in [0.3, 0.4) is 0 Å². The zero-order valence-electron chi connectivity index (χ0n) is 10.8. The van der Waals surface area contributed by atoms with Gasteiger partial charge in [0.05, 0.1) is 6.07 Å². The minimum Gasteiger partial charge on any atom is -0.302 e. The Balaban J connectivity index is 2.04. The molecule has 2 atom stereocenters. The second-order valence-corrected chi connectivity index (χ2v) is 6.03. The summed E-state index contributed by atoms with van der Waals surface area (Å²) in [5.74, 6) is 0. The van der Waals surface area contributed by atoms with Crippen molar-refractivity contribution in [1.82, 2.24) is 15.3 Å². The average Bonchev–Trinajstić information content (AvgIpc) is 2.39. The summed E-state index contributed by atoms with van der Waals surface area (Å²) in [5, 5.41) is 13.7. The van der Waals surface area contributed by atoms with Crippen LogP contribution in [0.4, 0.5) is 0 Å². The van der Waals surface area contributed by atoms with Crippen molar-refractivity contribution in [2.24, 2.45) is 0 Å². The minimum atomic E-state index is -0.361. The van der Waals surface area contributed by atoms with Crippen molar-refractivity contribution in [2.45, 2.75) is 48.6 Å². The SMILES string of the molecule is CNC1(C#N)CCCC(Sc2nccc(C)n2)C1. The molecule has 5 heteroatoms. The monoisotopic (exact) mass is 262 g/mol. The predicted octanol–water partition coefficient (Wildman–Crippen LogP) is 2.30. The number of nitrogens with one attached hydrogen (secondary N) is 1. The third-order valence-corrected chi connectivity index (χ3v) is 4.59. The zero-order chi connectivity index (χ0) is 13.0. The zero-order valence-corrected chi connectivity index (χ0v) is 11.6. The lowest BCUT2D eigenvalue weighted by molar-refractivity contribution is 0.323. The first kappa shape index (κ1) is 13.3. The van der Waals surface area contributed by atoms with Crippen molar-refractivity contribution in [2.75, 3.05) is 7.05 Å². The molecule has 0 saturated heterocycles. The van der Waals surface area contributed by atoms with Gasteiger partial charge in [-0.3, -0.25) is 0 Å². The van der Waals surface area contributed by atoms with Crippen LogP contribution in [0.25, 0.3) is 0 Å². The normalized spacial score (nSPS) is 27.7. The molecule has 0 bridgehead atoms. The van der Waals surface area contributed by atoms with Crippen LogP contribution >= 0.6 is 11.8 Å². The van der Waals surface area contributed by atoms with Crippen molar-refractivity contribution in [1.29, 1.82) is 5.26 Å². The predicted molar refractivity (Wildman–Crippen MR) is 72.3 cm³/mol. The first-order valence-corrected chi connectivity index (χ1v) is 7.12. The van der Waals surface area contributed by atoms with Crippen LogP contribution in [-0.2, 0) is 0 Å². The molecule has 2 unspecified atom stereocenters. The van der Waals surface area contributed by atoms with E-state index in [-0.39, 0.29) is 5.54 Å². The molecule has 1 aromatic rings. The highest BCUT2D eigenvalue weighted by molar-refractivity contribution is 7.99. The Kier molecular flexibility index (Phi) is 4.20. The highest BCUT2D eigenvalue weighted by atomic mass is 32.2. The molecule has 1 saturated carbocycles. The number of nitriles is 1. The van der Waals surface area contributed by atoms with Gasteiger partial charge in [0.1, 0.15) is 5.54 Å². The molecule has 1 heterocycles. The number of rotatable bonds is 3. The van der Waals surface area contributed by atoms with Gasteiger partial charge in [-0.25, -0.2) is 9.97 Å². The summed E-state index contributed by atoms with van der Waals surface area (Å²) in [6.07, 6.45) is 5.81. The maximum absolute atomic E-state index is 9.32. The number of aromatic nitrogens is 2. The third kappa shape index (κ3) is 3.01. The number of hydrogen-bond acceptors (Lipinski definition) is 5. The lowest BCUT2D eigenvalue weighted by atomic mass is 9.83. The van der Waals surface area contributed by atoms with Gasteiger partial charge in [0.15, 0.2) is 5.16 Å². The topological polar surface area (TPSA) is 61.6 Å². The fourth-order valence-corrected chi connectivity index (χ4v) is 3.61. The molecule has 2 rings (SSSR count). The van der Waals surface area contributed by atoms with E-state index in [0.29, 0.717) is 5.25 Å². The van der Waals surface area contributed by atoms with Crippen LogP contribution < -0.4 is 5.32 Å². The first-order valence-electron chi connectivity index (χ1n) is 6.24. The molecule has 1 aliphatic rings. The molecule has 1 aliphatic carbocycles. The van der Waals surface area contributed by atoms with E-state index in [2.05, 4.69) is 21.4 Å². The van der Waals surface area contributed by atoms with E-state index in [1.807, 2.05) is 20.0 Å². The standard InChI is InChI=1S/C13H18N4S/c1-10-5-7-16-12(17-10)18-11-4-3-6-13(8-11,9-14)15-2/h5,7,11,15H,3-4,6,8H2,1-2H3. The molecule has 1 N–H and O–H groups in total. The van der Waals surface area contributed by atoms with Gasteiger partial charge in [0.2, 0.25) is 0 Å².